The number of carbonyl (C=O) groups is 3. The Morgan fingerprint density at radius 3 is 2.00 bits per heavy atom. The average molecular weight is 321 g/mol. The maximum Gasteiger partial charge on any atom is 0.251 e. The van der Waals surface area contributed by atoms with E-state index in [1.807, 2.05) is 0 Å². The summed E-state index contributed by atoms with van der Waals surface area (Å²) in [6.07, 6.45) is 3.81. The van der Waals surface area contributed by atoms with Crippen LogP contribution in [-0.2, 0) is 9.59 Å². The van der Waals surface area contributed by atoms with Gasteiger partial charge in [0.25, 0.3) is 5.91 Å². The summed E-state index contributed by atoms with van der Waals surface area (Å²) in [7, 11) is 1.56. The first-order valence-corrected chi connectivity index (χ1v) is 7.61. The lowest BCUT2D eigenvalue weighted by Crippen LogP contribution is -2.18. The fourth-order valence-electron chi connectivity index (χ4n) is 2.05. The number of hydrogen-bond acceptors (Lipinski definition) is 4. The first kappa shape index (κ1) is 18.6. The van der Waals surface area contributed by atoms with Crippen LogP contribution in [-0.4, -0.2) is 30.0 Å². The molecule has 0 aliphatic rings. The Hall–Kier alpha value is -2.41. The zero-order chi connectivity index (χ0) is 17.1. The topological polar surface area (TPSA) is 108 Å². The van der Waals surface area contributed by atoms with Gasteiger partial charge < -0.3 is 10.6 Å². The van der Waals surface area contributed by atoms with E-state index in [4.69, 9.17) is 5.21 Å². The van der Waals surface area contributed by atoms with Crippen LogP contribution in [0.3, 0.4) is 0 Å². The van der Waals surface area contributed by atoms with Gasteiger partial charge in [0, 0.05) is 31.1 Å². The summed E-state index contributed by atoms with van der Waals surface area (Å²) in [5.41, 5.74) is 2.78. The summed E-state index contributed by atoms with van der Waals surface area (Å²) < 4.78 is 0. The second-order valence-electron chi connectivity index (χ2n) is 5.15. The highest BCUT2D eigenvalue weighted by Gasteiger charge is 2.05. The van der Waals surface area contributed by atoms with Crippen LogP contribution in [0.15, 0.2) is 24.3 Å². The number of hydrogen-bond donors (Lipinski definition) is 4. The van der Waals surface area contributed by atoms with E-state index in [9.17, 15) is 14.4 Å². The van der Waals surface area contributed by atoms with Crippen molar-refractivity contribution in [1.82, 2.24) is 10.8 Å². The monoisotopic (exact) mass is 321 g/mol. The van der Waals surface area contributed by atoms with Crippen molar-refractivity contribution in [2.75, 3.05) is 12.4 Å². The molecule has 1 aromatic carbocycles. The smallest absolute Gasteiger partial charge is 0.251 e. The zero-order valence-electron chi connectivity index (χ0n) is 13.2. The molecule has 0 spiro atoms. The molecule has 126 valence electrons. The summed E-state index contributed by atoms with van der Waals surface area (Å²) in [5, 5.41) is 13.6. The molecule has 0 fully saturated rings. The minimum Gasteiger partial charge on any atom is -0.355 e. The van der Waals surface area contributed by atoms with Crippen LogP contribution in [0, 0.1) is 0 Å². The highest BCUT2D eigenvalue weighted by molar-refractivity contribution is 5.95. The molecule has 0 aromatic heterocycles. The van der Waals surface area contributed by atoms with Gasteiger partial charge in [0.15, 0.2) is 0 Å². The summed E-state index contributed by atoms with van der Waals surface area (Å²) in [5.74, 6) is -0.633. The molecule has 0 saturated heterocycles. The largest absolute Gasteiger partial charge is 0.355 e. The predicted molar refractivity (Wildman–Crippen MR) is 86.1 cm³/mol. The molecule has 0 bridgehead atoms. The third kappa shape index (κ3) is 7.42. The molecule has 3 amide bonds. The average Bonchev–Trinajstić information content (AvgIpc) is 2.57. The first-order valence-electron chi connectivity index (χ1n) is 7.61. The highest BCUT2D eigenvalue weighted by atomic mass is 16.5. The Bertz CT molecular complexity index is 529. The molecule has 0 heterocycles. The van der Waals surface area contributed by atoms with Crippen molar-refractivity contribution < 1.29 is 19.6 Å². The normalized spacial score (nSPS) is 10.0. The van der Waals surface area contributed by atoms with Crippen molar-refractivity contribution in [1.29, 1.82) is 0 Å². The highest BCUT2D eigenvalue weighted by Crippen LogP contribution is 2.11. The van der Waals surface area contributed by atoms with Crippen LogP contribution in [0.4, 0.5) is 5.69 Å². The number of unbranched alkanes of at least 4 members (excludes halogenated alkanes) is 3. The second-order valence-corrected chi connectivity index (χ2v) is 5.15. The van der Waals surface area contributed by atoms with Crippen LogP contribution in [0.25, 0.3) is 0 Å². The summed E-state index contributed by atoms with van der Waals surface area (Å²) in [4.78, 5) is 34.0. The summed E-state index contributed by atoms with van der Waals surface area (Å²) in [6, 6.07) is 6.69. The van der Waals surface area contributed by atoms with Gasteiger partial charge in [-0.05, 0) is 37.1 Å². The van der Waals surface area contributed by atoms with E-state index in [0.29, 0.717) is 30.5 Å². The van der Waals surface area contributed by atoms with Crippen molar-refractivity contribution in [2.24, 2.45) is 0 Å². The molecule has 7 heteroatoms. The van der Waals surface area contributed by atoms with Crippen molar-refractivity contribution in [3.8, 4) is 0 Å². The SMILES string of the molecule is CNC(=O)c1ccc(NC(=O)CCCCCCC(=O)NO)cc1. The Morgan fingerprint density at radius 2 is 1.48 bits per heavy atom. The van der Waals surface area contributed by atoms with Crippen molar-refractivity contribution in [3.63, 3.8) is 0 Å². The van der Waals surface area contributed by atoms with E-state index in [1.54, 1.807) is 36.8 Å². The lowest BCUT2D eigenvalue weighted by atomic mass is 10.1. The Balaban J connectivity index is 2.21. The number of nitrogens with one attached hydrogen (secondary N) is 3. The molecule has 4 N–H and O–H groups in total. The summed E-state index contributed by atoms with van der Waals surface area (Å²) >= 11 is 0. The number of rotatable bonds is 9. The zero-order valence-corrected chi connectivity index (χ0v) is 13.2. The lowest BCUT2D eigenvalue weighted by Gasteiger charge is -2.06. The molecule has 0 aliphatic heterocycles. The van der Waals surface area contributed by atoms with Gasteiger partial charge in [0.1, 0.15) is 0 Å². The Morgan fingerprint density at radius 1 is 0.913 bits per heavy atom. The fraction of sp³-hybridized carbons (Fsp3) is 0.438. The van der Waals surface area contributed by atoms with E-state index >= 15 is 0 Å². The lowest BCUT2D eigenvalue weighted by molar-refractivity contribution is -0.129. The van der Waals surface area contributed by atoms with Gasteiger partial charge >= 0.3 is 0 Å². The van der Waals surface area contributed by atoms with Crippen LogP contribution in [0.2, 0.25) is 0 Å². The Labute approximate surface area is 135 Å². The molecule has 1 aromatic rings. The predicted octanol–water partition coefficient (Wildman–Crippen LogP) is 1.83. The maximum absolute atomic E-state index is 11.8. The number of carbonyl (C=O) groups excluding carboxylic acids is 3. The number of benzene rings is 1. The first-order chi connectivity index (χ1) is 11.1. The van der Waals surface area contributed by atoms with Crippen molar-refractivity contribution in [3.05, 3.63) is 29.8 Å². The van der Waals surface area contributed by atoms with E-state index in [-0.39, 0.29) is 17.7 Å². The van der Waals surface area contributed by atoms with Gasteiger partial charge in [0.2, 0.25) is 11.8 Å². The molecule has 0 unspecified atom stereocenters. The summed E-state index contributed by atoms with van der Waals surface area (Å²) in [6.45, 7) is 0. The molecular formula is C16H23N3O4. The number of amides is 3. The second kappa shape index (κ2) is 10.3. The van der Waals surface area contributed by atoms with Gasteiger partial charge in [-0.1, -0.05) is 12.8 Å². The van der Waals surface area contributed by atoms with E-state index in [1.165, 1.54) is 0 Å². The van der Waals surface area contributed by atoms with E-state index in [2.05, 4.69) is 10.6 Å². The Kier molecular flexibility index (Phi) is 8.38. The van der Waals surface area contributed by atoms with Gasteiger partial charge in [0.05, 0.1) is 0 Å². The standard InChI is InChI=1S/C16H23N3O4/c1-17-16(22)12-8-10-13(11-9-12)18-14(20)6-4-2-3-5-7-15(21)19-23/h8-11,23H,2-7H2,1H3,(H,17,22)(H,18,20)(H,19,21). The van der Waals surface area contributed by atoms with Crippen LogP contribution in [0.5, 0.6) is 0 Å². The van der Waals surface area contributed by atoms with E-state index in [0.717, 1.165) is 19.3 Å². The molecule has 7 nitrogen and oxygen atoms in total. The third-order valence-electron chi connectivity index (χ3n) is 3.34. The number of anilines is 1. The van der Waals surface area contributed by atoms with Crippen molar-refractivity contribution in [2.45, 2.75) is 38.5 Å². The molecule has 0 radical (unpaired) electrons. The molecule has 1 rings (SSSR count). The van der Waals surface area contributed by atoms with Gasteiger partial charge in [-0.3, -0.25) is 19.6 Å². The van der Waals surface area contributed by atoms with Crippen molar-refractivity contribution >= 4 is 23.4 Å². The van der Waals surface area contributed by atoms with Gasteiger partial charge in [-0.15, -0.1) is 0 Å². The quantitative estimate of drug-likeness (QED) is 0.316. The fourth-order valence-corrected chi connectivity index (χ4v) is 2.05. The van der Waals surface area contributed by atoms with Crippen LogP contribution < -0.4 is 16.1 Å². The third-order valence-corrected chi connectivity index (χ3v) is 3.34. The van der Waals surface area contributed by atoms with E-state index < -0.39 is 0 Å². The minimum atomic E-state index is -0.386. The van der Waals surface area contributed by atoms with Gasteiger partial charge in [-0.2, -0.15) is 0 Å². The minimum absolute atomic E-state index is 0.0780. The molecule has 23 heavy (non-hydrogen) atoms. The van der Waals surface area contributed by atoms with Gasteiger partial charge in [-0.25, -0.2) is 5.48 Å². The molecule has 0 saturated carbocycles. The molecular weight excluding hydrogens is 298 g/mol. The molecule has 0 atom stereocenters. The maximum atomic E-state index is 11.8. The molecule has 0 aliphatic carbocycles. The van der Waals surface area contributed by atoms with Crippen LogP contribution >= 0.6 is 0 Å². The number of hydroxylamine groups is 1. The van der Waals surface area contributed by atoms with Crippen LogP contribution in [0.1, 0.15) is 48.9 Å².